The van der Waals surface area contributed by atoms with Crippen molar-refractivity contribution in [3.63, 3.8) is 0 Å². The minimum Gasteiger partial charge on any atom is -0.374 e. The highest BCUT2D eigenvalue weighted by molar-refractivity contribution is 6.31. The van der Waals surface area contributed by atoms with Gasteiger partial charge in [0.1, 0.15) is 0 Å². The molecule has 4 heteroatoms. The van der Waals surface area contributed by atoms with Crippen molar-refractivity contribution in [1.82, 2.24) is 10.2 Å². The van der Waals surface area contributed by atoms with E-state index in [0.717, 1.165) is 30.3 Å². The van der Waals surface area contributed by atoms with Crippen LogP contribution in [0.4, 0.5) is 0 Å². The molecule has 1 N–H and O–H groups in total. The minimum atomic E-state index is 0.145. The van der Waals surface area contributed by atoms with Gasteiger partial charge in [0.25, 0.3) is 0 Å². The molecule has 0 saturated carbocycles. The Bertz CT molecular complexity index is 372. The number of hydrogen-bond donors (Lipinski definition) is 1. The van der Waals surface area contributed by atoms with E-state index in [1.165, 1.54) is 0 Å². The lowest BCUT2D eigenvalue weighted by molar-refractivity contribution is -0.0380. The average Bonchev–Trinajstić information content (AvgIpc) is 2.33. The maximum Gasteiger partial charge on any atom is 0.0897 e. The minimum absolute atomic E-state index is 0.145. The van der Waals surface area contributed by atoms with Gasteiger partial charge in [-0.1, -0.05) is 29.8 Å². The van der Waals surface area contributed by atoms with Crippen molar-refractivity contribution in [2.75, 3.05) is 33.8 Å². The first-order chi connectivity index (χ1) is 8.22. The second-order valence-electron chi connectivity index (χ2n) is 4.46. The smallest absolute Gasteiger partial charge is 0.0897 e. The first-order valence-corrected chi connectivity index (χ1v) is 6.32. The maximum atomic E-state index is 6.24. The van der Waals surface area contributed by atoms with Gasteiger partial charge in [0.15, 0.2) is 0 Å². The molecule has 0 aliphatic carbocycles. The Labute approximate surface area is 108 Å². The van der Waals surface area contributed by atoms with E-state index in [2.05, 4.69) is 23.3 Å². The van der Waals surface area contributed by atoms with E-state index in [0.29, 0.717) is 0 Å². The normalized spacial score (nSPS) is 23.6. The quantitative estimate of drug-likeness (QED) is 0.892. The molecule has 1 aliphatic rings. The lowest BCUT2D eigenvalue weighted by Gasteiger charge is -2.35. The Kier molecular flexibility index (Phi) is 4.40. The van der Waals surface area contributed by atoms with Crippen molar-refractivity contribution in [2.24, 2.45) is 0 Å². The van der Waals surface area contributed by atoms with Crippen LogP contribution in [0.15, 0.2) is 24.3 Å². The van der Waals surface area contributed by atoms with E-state index >= 15 is 0 Å². The summed E-state index contributed by atoms with van der Waals surface area (Å²) in [6.07, 6.45) is 0.152. The molecule has 1 saturated heterocycles. The number of hydrogen-bond acceptors (Lipinski definition) is 3. The summed E-state index contributed by atoms with van der Waals surface area (Å²) in [5.74, 6) is 0. The van der Waals surface area contributed by atoms with Crippen molar-refractivity contribution in [3.8, 4) is 0 Å². The summed E-state index contributed by atoms with van der Waals surface area (Å²) in [6, 6.07) is 8.09. The van der Waals surface area contributed by atoms with Gasteiger partial charge in [-0.05, 0) is 25.7 Å². The van der Waals surface area contributed by atoms with Crippen LogP contribution < -0.4 is 5.32 Å². The van der Waals surface area contributed by atoms with Gasteiger partial charge in [-0.25, -0.2) is 0 Å². The van der Waals surface area contributed by atoms with Crippen molar-refractivity contribution in [2.45, 2.75) is 12.1 Å². The molecule has 0 aromatic heterocycles. The number of likely N-dealkylation sites (N-methyl/N-ethyl adjacent to an activating group) is 2. The number of benzene rings is 1. The van der Waals surface area contributed by atoms with Crippen LogP contribution in [0, 0.1) is 0 Å². The van der Waals surface area contributed by atoms with Gasteiger partial charge in [-0.2, -0.15) is 0 Å². The molecular weight excluding hydrogens is 236 g/mol. The summed E-state index contributed by atoms with van der Waals surface area (Å²) in [5.41, 5.74) is 1.11. The molecule has 0 spiro atoms. The molecule has 0 amide bonds. The third kappa shape index (κ3) is 2.99. The van der Waals surface area contributed by atoms with Gasteiger partial charge < -0.3 is 15.0 Å². The molecule has 2 unspecified atom stereocenters. The number of nitrogens with zero attached hydrogens (tertiary/aromatic N) is 1. The molecule has 1 aliphatic heterocycles. The predicted molar refractivity (Wildman–Crippen MR) is 70.5 cm³/mol. The third-order valence-electron chi connectivity index (χ3n) is 3.22. The maximum absolute atomic E-state index is 6.24. The number of ether oxygens (including phenoxy) is 1. The van der Waals surface area contributed by atoms with Crippen LogP contribution in [0.25, 0.3) is 0 Å². The molecule has 2 rings (SSSR count). The average molecular weight is 255 g/mol. The summed E-state index contributed by atoms with van der Waals surface area (Å²) in [4.78, 5) is 2.29. The molecule has 1 aromatic carbocycles. The summed E-state index contributed by atoms with van der Waals surface area (Å²) in [5, 5.41) is 4.11. The molecule has 1 heterocycles. The van der Waals surface area contributed by atoms with Gasteiger partial charge >= 0.3 is 0 Å². The zero-order chi connectivity index (χ0) is 12.3. The van der Waals surface area contributed by atoms with Crippen LogP contribution in [0.2, 0.25) is 5.02 Å². The summed E-state index contributed by atoms with van der Waals surface area (Å²) < 4.78 is 5.85. The lowest BCUT2D eigenvalue weighted by atomic mass is 10.00. The molecule has 0 bridgehead atoms. The summed E-state index contributed by atoms with van der Waals surface area (Å²) in [6.45, 7) is 2.70. The van der Waals surface area contributed by atoms with Crippen LogP contribution in [-0.4, -0.2) is 44.8 Å². The molecule has 94 valence electrons. The highest BCUT2D eigenvalue weighted by Gasteiger charge is 2.27. The Hall–Kier alpha value is -0.610. The first kappa shape index (κ1) is 12.8. The lowest BCUT2D eigenvalue weighted by Crippen LogP contribution is -2.46. The summed E-state index contributed by atoms with van der Waals surface area (Å²) in [7, 11) is 4.07. The Morgan fingerprint density at radius 3 is 2.88 bits per heavy atom. The van der Waals surface area contributed by atoms with E-state index in [-0.39, 0.29) is 12.1 Å². The second kappa shape index (κ2) is 5.83. The van der Waals surface area contributed by atoms with E-state index in [1.807, 2.05) is 25.2 Å². The molecule has 1 fully saturated rings. The van der Waals surface area contributed by atoms with Crippen LogP contribution >= 0.6 is 11.6 Å². The highest BCUT2D eigenvalue weighted by atomic mass is 35.5. The third-order valence-corrected chi connectivity index (χ3v) is 3.56. The highest BCUT2D eigenvalue weighted by Crippen LogP contribution is 2.27. The monoisotopic (exact) mass is 254 g/mol. The van der Waals surface area contributed by atoms with E-state index in [9.17, 15) is 0 Å². The van der Waals surface area contributed by atoms with E-state index in [1.54, 1.807) is 0 Å². The van der Waals surface area contributed by atoms with Gasteiger partial charge in [-0.15, -0.1) is 0 Å². The van der Waals surface area contributed by atoms with Gasteiger partial charge in [0.05, 0.1) is 18.8 Å². The second-order valence-corrected chi connectivity index (χ2v) is 4.87. The van der Waals surface area contributed by atoms with Gasteiger partial charge in [0, 0.05) is 18.1 Å². The van der Waals surface area contributed by atoms with Crippen molar-refractivity contribution < 1.29 is 4.74 Å². The van der Waals surface area contributed by atoms with Crippen LogP contribution in [0.1, 0.15) is 11.6 Å². The van der Waals surface area contributed by atoms with E-state index < -0.39 is 0 Å². The van der Waals surface area contributed by atoms with Crippen LogP contribution in [-0.2, 0) is 4.74 Å². The molecule has 1 aromatic rings. The van der Waals surface area contributed by atoms with Crippen LogP contribution in [0.3, 0.4) is 0 Å². The van der Waals surface area contributed by atoms with Crippen molar-refractivity contribution in [3.05, 3.63) is 34.9 Å². The fourth-order valence-corrected chi connectivity index (χ4v) is 2.53. The van der Waals surface area contributed by atoms with Crippen molar-refractivity contribution in [1.29, 1.82) is 0 Å². The first-order valence-electron chi connectivity index (χ1n) is 5.94. The zero-order valence-electron chi connectivity index (χ0n) is 10.3. The number of rotatable bonds is 3. The van der Waals surface area contributed by atoms with Gasteiger partial charge in [0.2, 0.25) is 0 Å². The number of halogens is 1. The Balaban J connectivity index is 2.18. The fraction of sp³-hybridized carbons (Fsp3) is 0.538. The fourth-order valence-electron chi connectivity index (χ4n) is 2.28. The Morgan fingerprint density at radius 1 is 1.47 bits per heavy atom. The Morgan fingerprint density at radius 2 is 2.24 bits per heavy atom. The molecule has 2 atom stereocenters. The molecule has 17 heavy (non-hydrogen) atoms. The van der Waals surface area contributed by atoms with Gasteiger partial charge in [-0.3, -0.25) is 0 Å². The standard InChI is InChI=1S/C13H19ClN2O/c1-15-13(10-5-3-4-6-11(10)14)12-9-16(2)7-8-17-12/h3-6,12-13,15H,7-9H2,1-2H3. The molecular formula is C13H19ClN2O. The number of nitrogens with one attached hydrogen (secondary N) is 1. The predicted octanol–water partition coefficient (Wildman–Crippen LogP) is 1.93. The summed E-state index contributed by atoms with van der Waals surface area (Å²) >= 11 is 6.24. The SMILES string of the molecule is CNC(c1ccccc1Cl)C1CN(C)CCO1. The van der Waals surface area contributed by atoms with Crippen molar-refractivity contribution >= 4 is 11.6 Å². The van der Waals surface area contributed by atoms with Crippen LogP contribution in [0.5, 0.6) is 0 Å². The molecule has 3 nitrogen and oxygen atoms in total. The molecule has 0 radical (unpaired) electrons. The zero-order valence-corrected chi connectivity index (χ0v) is 11.1. The largest absolute Gasteiger partial charge is 0.374 e. The number of morpholine rings is 1. The topological polar surface area (TPSA) is 24.5 Å². The van der Waals surface area contributed by atoms with E-state index in [4.69, 9.17) is 16.3 Å².